The normalized spacial score (nSPS) is 14.1. The second kappa shape index (κ2) is 32.5. The van der Waals surface area contributed by atoms with Crippen LogP contribution in [-0.2, 0) is 37.3 Å². The summed E-state index contributed by atoms with van der Waals surface area (Å²) in [6.45, 7) is 2.51. The average molecular weight is 682 g/mol. The van der Waals surface area contributed by atoms with Crippen LogP contribution in [0.15, 0.2) is 0 Å². The predicted octanol–water partition coefficient (Wildman–Crippen LogP) is 8.23. The number of aliphatic hydroxyl groups excluding tert-OH is 2. The monoisotopic (exact) mass is 681 g/mol. The van der Waals surface area contributed by atoms with Gasteiger partial charge in [0.15, 0.2) is 6.10 Å². The largest absolute Gasteiger partial charge is 0.491 e. The molecule has 0 fully saturated rings. The van der Waals surface area contributed by atoms with Crippen LogP contribution in [0.25, 0.3) is 0 Å². The Morgan fingerprint density at radius 1 is 0.609 bits per heavy atom. The van der Waals surface area contributed by atoms with Crippen molar-refractivity contribution in [2.75, 3.05) is 26.4 Å². The first-order valence-electron chi connectivity index (χ1n) is 18.2. The molecule has 0 aromatic rings. The van der Waals surface area contributed by atoms with Crippen molar-refractivity contribution in [3.63, 3.8) is 0 Å². The Kier molecular flexibility index (Phi) is 31.7. The lowest BCUT2D eigenvalue weighted by Crippen LogP contribution is -2.30. The summed E-state index contributed by atoms with van der Waals surface area (Å²) >= 11 is 0. The Hall–Kier alpha value is -1.07. The fourth-order valence-electron chi connectivity index (χ4n) is 4.99. The van der Waals surface area contributed by atoms with E-state index in [0.29, 0.717) is 12.8 Å². The maximum atomic E-state index is 12.6. The molecular formula is C34H68NO10P. The van der Waals surface area contributed by atoms with Crippen LogP contribution in [0.4, 0.5) is 0 Å². The van der Waals surface area contributed by atoms with E-state index >= 15 is 0 Å². The number of carbonyl (C=O) groups is 2. The highest BCUT2D eigenvalue weighted by Gasteiger charge is 2.30. The molecule has 46 heavy (non-hydrogen) atoms. The molecule has 0 spiro atoms. The second-order valence-corrected chi connectivity index (χ2v) is 14.0. The molecule has 0 aliphatic heterocycles. The van der Waals surface area contributed by atoms with E-state index in [0.717, 1.165) is 38.5 Å². The van der Waals surface area contributed by atoms with Crippen molar-refractivity contribution in [2.24, 2.45) is 5.90 Å². The van der Waals surface area contributed by atoms with Gasteiger partial charge in [-0.1, -0.05) is 142 Å². The zero-order valence-corrected chi connectivity index (χ0v) is 30.0. The molecule has 4 N–H and O–H groups in total. The van der Waals surface area contributed by atoms with Crippen LogP contribution < -0.4 is 5.90 Å². The average Bonchev–Trinajstić information content (AvgIpc) is 3.06. The van der Waals surface area contributed by atoms with Crippen molar-refractivity contribution in [1.82, 2.24) is 0 Å². The molecule has 0 saturated heterocycles. The van der Waals surface area contributed by atoms with Gasteiger partial charge in [0.05, 0.1) is 19.8 Å². The number of phosphoric ester groups is 1. The molecule has 0 rings (SSSR count). The minimum Gasteiger partial charge on any atom is -0.462 e. The highest BCUT2D eigenvalue weighted by atomic mass is 31.2. The van der Waals surface area contributed by atoms with Gasteiger partial charge in [-0.3, -0.25) is 18.6 Å². The van der Waals surface area contributed by atoms with Crippen LogP contribution in [0.2, 0.25) is 0 Å². The van der Waals surface area contributed by atoms with E-state index in [-0.39, 0.29) is 19.4 Å². The van der Waals surface area contributed by atoms with E-state index < -0.39 is 51.8 Å². The van der Waals surface area contributed by atoms with E-state index in [1.807, 2.05) is 0 Å². The lowest BCUT2D eigenvalue weighted by atomic mass is 10.1. The van der Waals surface area contributed by atoms with Crippen LogP contribution in [0.1, 0.15) is 168 Å². The summed E-state index contributed by atoms with van der Waals surface area (Å²) in [6, 6.07) is 0. The molecule has 0 aliphatic rings. The Labute approximate surface area is 279 Å². The number of phosphoric acid groups is 1. The molecule has 3 unspecified atom stereocenters. The summed E-state index contributed by atoms with van der Waals surface area (Å²) in [7, 11) is -4.33. The number of esters is 2. The lowest BCUT2D eigenvalue weighted by Gasteiger charge is -2.21. The number of aliphatic hydroxyl groups is 2. The third-order valence-electron chi connectivity index (χ3n) is 7.88. The summed E-state index contributed by atoms with van der Waals surface area (Å²) in [4.78, 5) is 24.9. The maximum absolute atomic E-state index is 12.6. The molecule has 11 nitrogen and oxygen atoms in total. The van der Waals surface area contributed by atoms with Crippen LogP contribution >= 0.6 is 7.82 Å². The van der Waals surface area contributed by atoms with Crippen LogP contribution in [0.5, 0.6) is 0 Å². The van der Waals surface area contributed by atoms with E-state index in [4.69, 9.17) is 29.5 Å². The van der Waals surface area contributed by atoms with Crippen molar-refractivity contribution >= 4 is 19.8 Å². The van der Waals surface area contributed by atoms with Gasteiger partial charge in [-0.15, -0.1) is 0 Å². The number of ether oxygens (including phenoxy) is 2. The quantitative estimate of drug-likeness (QED) is 0.0255. The summed E-state index contributed by atoms with van der Waals surface area (Å²) in [5.74, 6) is 4.18. The zero-order chi connectivity index (χ0) is 34.1. The number of carbonyl (C=O) groups excluding carboxylic acids is 2. The molecular weight excluding hydrogens is 613 g/mol. The predicted molar refractivity (Wildman–Crippen MR) is 181 cm³/mol. The van der Waals surface area contributed by atoms with Crippen molar-refractivity contribution in [1.29, 1.82) is 0 Å². The number of nitrogens with two attached hydrogens (primary N) is 1. The lowest BCUT2D eigenvalue weighted by molar-refractivity contribution is -0.161. The van der Waals surface area contributed by atoms with Crippen molar-refractivity contribution in [3.8, 4) is 0 Å². The Bertz CT molecular complexity index is 757. The summed E-state index contributed by atoms with van der Waals surface area (Å²) in [5, 5.41) is 18.4. The first-order chi connectivity index (χ1) is 22.3. The van der Waals surface area contributed by atoms with Gasteiger partial charge in [-0.05, 0) is 12.8 Å². The van der Waals surface area contributed by atoms with E-state index in [1.54, 1.807) is 0 Å². The van der Waals surface area contributed by atoms with E-state index in [2.05, 4.69) is 18.5 Å². The second-order valence-electron chi connectivity index (χ2n) is 12.3. The molecule has 0 aromatic carbocycles. The SMILES string of the molecule is CCCCCCCCCCCCCC(=O)OCC(COP(=O)(ON)OCC(O)CO)OC(=O)CCCCCCCCCCCCC. The molecule has 274 valence electrons. The Morgan fingerprint density at radius 3 is 1.41 bits per heavy atom. The van der Waals surface area contributed by atoms with Gasteiger partial charge >= 0.3 is 19.8 Å². The van der Waals surface area contributed by atoms with E-state index in [9.17, 15) is 19.3 Å². The smallest absolute Gasteiger partial charge is 0.462 e. The van der Waals surface area contributed by atoms with Gasteiger partial charge in [0.25, 0.3) is 0 Å². The molecule has 0 amide bonds. The summed E-state index contributed by atoms with van der Waals surface area (Å²) in [6.07, 6.45) is 23.7. The third-order valence-corrected chi connectivity index (χ3v) is 9.07. The van der Waals surface area contributed by atoms with Crippen LogP contribution in [0, 0.1) is 0 Å². The fraction of sp³-hybridized carbons (Fsp3) is 0.941. The summed E-state index contributed by atoms with van der Waals surface area (Å²) < 4.78 is 37.9. The van der Waals surface area contributed by atoms with E-state index in [1.165, 1.54) is 89.9 Å². The molecule has 0 bridgehead atoms. The maximum Gasteiger partial charge on any atom is 0.491 e. The van der Waals surface area contributed by atoms with Gasteiger partial charge in [0, 0.05) is 12.8 Å². The minimum atomic E-state index is -4.33. The van der Waals surface area contributed by atoms with Gasteiger partial charge < -0.3 is 19.7 Å². The first-order valence-corrected chi connectivity index (χ1v) is 19.7. The fourth-order valence-corrected chi connectivity index (χ4v) is 5.89. The van der Waals surface area contributed by atoms with Crippen LogP contribution in [0.3, 0.4) is 0 Å². The van der Waals surface area contributed by atoms with Crippen molar-refractivity contribution in [3.05, 3.63) is 0 Å². The topological polar surface area (TPSA) is 164 Å². The summed E-state index contributed by atoms with van der Waals surface area (Å²) in [5.41, 5.74) is 0. The van der Waals surface area contributed by atoms with Crippen molar-refractivity contribution in [2.45, 2.75) is 180 Å². The minimum absolute atomic E-state index is 0.199. The van der Waals surface area contributed by atoms with Gasteiger partial charge in [0.1, 0.15) is 12.7 Å². The van der Waals surface area contributed by atoms with Gasteiger partial charge in [0.2, 0.25) is 0 Å². The first kappa shape index (κ1) is 44.9. The number of unbranched alkanes of at least 4 members (excludes halogenated alkanes) is 20. The third kappa shape index (κ3) is 29.1. The molecule has 0 saturated carbocycles. The molecule has 0 aromatic heterocycles. The molecule has 0 aliphatic carbocycles. The van der Waals surface area contributed by atoms with Crippen molar-refractivity contribution < 1.29 is 47.5 Å². The zero-order valence-electron chi connectivity index (χ0n) is 29.1. The number of hydrogen-bond acceptors (Lipinski definition) is 11. The molecule has 0 heterocycles. The molecule has 0 radical (unpaired) electrons. The van der Waals surface area contributed by atoms with Gasteiger partial charge in [-0.2, -0.15) is 0 Å². The van der Waals surface area contributed by atoms with Crippen LogP contribution in [-0.4, -0.2) is 60.8 Å². The Balaban J connectivity index is 4.50. The molecule has 12 heteroatoms. The molecule has 3 atom stereocenters. The number of hydrogen-bond donors (Lipinski definition) is 3. The highest BCUT2D eigenvalue weighted by molar-refractivity contribution is 7.48. The highest BCUT2D eigenvalue weighted by Crippen LogP contribution is 2.47. The number of rotatable bonds is 35. The Morgan fingerprint density at radius 2 is 1.00 bits per heavy atom. The van der Waals surface area contributed by atoms with Gasteiger partial charge in [-0.25, -0.2) is 15.1 Å². The standard InChI is InChI=1S/C34H68NO10P/c1-3-5-7-9-11-13-15-17-19-21-23-25-33(38)41-29-32(30-43-46(40,45-35)42-28-31(37)27-36)44-34(39)26-24-22-20-18-16-14-12-10-8-6-4-2/h31-32,36-37H,3-30,35H2,1-2H3.